The van der Waals surface area contributed by atoms with Crippen molar-refractivity contribution in [2.75, 3.05) is 5.75 Å². The fraction of sp³-hybridized carbons (Fsp3) is 1.00. The van der Waals surface area contributed by atoms with E-state index in [4.69, 9.17) is 0 Å². The lowest BCUT2D eigenvalue weighted by Gasteiger charge is -2.40. The molecule has 2 rings (SSSR count). The summed E-state index contributed by atoms with van der Waals surface area (Å²) in [6.07, 6.45) is 8.39. The van der Waals surface area contributed by atoms with Gasteiger partial charge in [0.2, 0.25) is 0 Å². The van der Waals surface area contributed by atoms with Crippen LogP contribution in [0.5, 0.6) is 0 Å². The zero-order valence-corrected chi connectivity index (χ0v) is 13.5. The second-order valence-electron chi connectivity index (χ2n) is 7.03. The van der Waals surface area contributed by atoms with E-state index < -0.39 is 0 Å². The summed E-state index contributed by atoms with van der Waals surface area (Å²) in [5.74, 6) is 2.31. The Labute approximate surface area is 118 Å². The van der Waals surface area contributed by atoms with Crippen LogP contribution in [0, 0.1) is 11.3 Å². The maximum Gasteiger partial charge on any atom is 0.0194 e. The maximum atomic E-state index is 3.94. The minimum Gasteiger partial charge on any atom is -0.310 e. The Morgan fingerprint density at radius 2 is 1.78 bits per heavy atom. The monoisotopic (exact) mass is 269 g/mol. The highest BCUT2D eigenvalue weighted by atomic mass is 32.2. The van der Waals surface area contributed by atoms with Crippen LogP contribution in [0.25, 0.3) is 0 Å². The van der Waals surface area contributed by atoms with Crippen molar-refractivity contribution in [3.05, 3.63) is 0 Å². The van der Waals surface area contributed by atoms with Gasteiger partial charge in [0.15, 0.2) is 0 Å². The first-order valence-electron chi connectivity index (χ1n) is 7.90. The van der Waals surface area contributed by atoms with Crippen molar-refractivity contribution in [3.63, 3.8) is 0 Å². The predicted octanol–water partition coefficient (Wildman–Crippen LogP) is 4.47. The van der Waals surface area contributed by atoms with Crippen molar-refractivity contribution in [1.29, 1.82) is 0 Å². The third-order valence-corrected chi connectivity index (χ3v) is 6.90. The summed E-state index contributed by atoms with van der Waals surface area (Å²) in [5, 5.41) is 4.77. The van der Waals surface area contributed by atoms with E-state index in [1.54, 1.807) is 0 Å². The van der Waals surface area contributed by atoms with Crippen LogP contribution in [-0.2, 0) is 0 Å². The topological polar surface area (TPSA) is 12.0 Å². The van der Waals surface area contributed by atoms with Crippen LogP contribution >= 0.6 is 11.8 Å². The first-order valence-corrected chi connectivity index (χ1v) is 8.95. The molecule has 1 aliphatic carbocycles. The molecule has 0 radical (unpaired) electrons. The number of hydrogen-bond donors (Lipinski definition) is 1. The van der Waals surface area contributed by atoms with Crippen molar-refractivity contribution in [2.24, 2.45) is 11.3 Å². The van der Waals surface area contributed by atoms with E-state index in [0.29, 0.717) is 5.41 Å². The van der Waals surface area contributed by atoms with Crippen LogP contribution in [0.1, 0.15) is 66.2 Å². The molecule has 2 heteroatoms. The molecule has 1 aliphatic heterocycles. The Balaban J connectivity index is 1.76. The Hall–Kier alpha value is 0.310. The lowest BCUT2D eigenvalue weighted by atomic mass is 9.69. The minimum absolute atomic E-state index is 0.557. The fourth-order valence-corrected chi connectivity index (χ4v) is 4.79. The van der Waals surface area contributed by atoms with Gasteiger partial charge < -0.3 is 5.32 Å². The molecule has 2 aliphatic rings. The molecule has 1 N–H and O–H groups in total. The molecule has 0 bridgehead atoms. The second kappa shape index (κ2) is 6.17. The van der Waals surface area contributed by atoms with Gasteiger partial charge in [0.05, 0.1) is 0 Å². The molecule has 18 heavy (non-hydrogen) atoms. The third kappa shape index (κ3) is 3.45. The minimum atomic E-state index is 0.557. The van der Waals surface area contributed by atoms with Crippen LogP contribution in [0.4, 0.5) is 0 Å². The lowest BCUT2D eigenvalue weighted by molar-refractivity contribution is 0.134. The smallest absolute Gasteiger partial charge is 0.0194 e. The highest BCUT2D eigenvalue weighted by molar-refractivity contribution is 8.00. The molecule has 1 nitrogen and oxygen atoms in total. The average Bonchev–Trinajstić information content (AvgIpc) is 2.76. The molecule has 2 unspecified atom stereocenters. The Bertz CT molecular complexity index is 256. The van der Waals surface area contributed by atoms with Crippen molar-refractivity contribution in [1.82, 2.24) is 5.32 Å². The Kier molecular flexibility index (Phi) is 5.05. The van der Waals surface area contributed by atoms with Gasteiger partial charge in [-0.1, -0.05) is 34.1 Å². The molecule has 1 saturated carbocycles. The first kappa shape index (κ1) is 14.7. The molecular formula is C16H31NS. The molecule has 0 aromatic carbocycles. The van der Waals surface area contributed by atoms with Crippen LogP contribution in [-0.4, -0.2) is 23.1 Å². The first-order chi connectivity index (χ1) is 8.53. The van der Waals surface area contributed by atoms with Gasteiger partial charge >= 0.3 is 0 Å². The molecule has 0 aromatic heterocycles. The molecule has 2 fully saturated rings. The summed E-state index contributed by atoms with van der Waals surface area (Å²) in [4.78, 5) is 0. The van der Waals surface area contributed by atoms with Crippen LogP contribution < -0.4 is 5.32 Å². The SMILES string of the molecule is CCC(C)(C)C1CCC(NC2CCSC2C)CC1. The zero-order chi connectivity index (χ0) is 13.2. The van der Waals surface area contributed by atoms with E-state index in [-0.39, 0.29) is 0 Å². The third-order valence-electron chi connectivity index (χ3n) is 5.57. The fourth-order valence-electron chi connectivity index (χ4n) is 3.58. The highest BCUT2D eigenvalue weighted by Gasteiger charge is 2.33. The van der Waals surface area contributed by atoms with Crippen molar-refractivity contribution < 1.29 is 0 Å². The average molecular weight is 269 g/mol. The van der Waals surface area contributed by atoms with Gasteiger partial charge in [-0.3, -0.25) is 0 Å². The number of rotatable bonds is 4. The molecule has 0 aromatic rings. The van der Waals surface area contributed by atoms with Crippen LogP contribution in [0.2, 0.25) is 0 Å². The van der Waals surface area contributed by atoms with Crippen molar-refractivity contribution >= 4 is 11.8 Å². The van der Waals surface area contributed by atoms with Crippen molar-refractivity contribution in [3.8, 4) is 0 Å². The summed E-state index contributed by atoms with van der Waals surface area (Å²) in [5.41, 5.74) is 0.557. The molecule has 106 valence electrons. The van der Waals surface area contributed by atoms with E-state index in [9.17, 15) is 0 Å². The van der Waals surface area contributed by atoms with Gasteiger partial charge in [0.25, 0.3) is 0 Å². The Morgan fingerprint density at radius 3 is 2.28 bits per heavy atom. The van der Waals surface area contributed by atoms with Gasteiger partial charge in [0.1, 0.15) is 0 Å². The normalized spacial score (nSPS) is 38.0. The van der Waals surface area contributed by atoms with E-state index in [1.807, 2.05) is 0 Å². The second-order valence-corrected chi connectivity index (χ2v) is 8.51. The van der Waals surface area contributed by atoms with E-state index in [1.165, 1.54) is 44.3 Å². The molecular weight excluding hydrogens is 238 g/mol. The summed E-state index contributed by atoms with van der Waals surface area (Å²) in [6, 6.07) is 1.59. The van der Waals surface area contributed by atoms with Gasteiger partial charge in [-0.2, -0.15) is 11.8 Å². The zero-order valence-electron chi connectivity index (χ0n) is 12.7. The summed E-state index contributed by atoms with van der Waals surface area (Å²) in [7, 11) is 0. The Morgan fingerprint density at radius 1 is 1.11 bits per heavy atom. The van der Waals surface area contributed by atoms with E-state index >= 15 is 0 Å². The molecule has 1 heterocycles. The number of nitrogens with one attached hydrogen (secondary N) is 1. The maximum absolute atomic E-state index is 3.94. The van der Waals surface area contributed by atoms with Gasteiger partial charge in [-0.15, -0.1) is 0 Å². The van der Waals surface area contributed by atoms with E-state index in [2.05, 4.69) is 44.8 Å². The summed E-state index contributed by atoms with van der Waals surface area (Å²) < 4.78 is 0. The van der Waals surface area contributed by atoms with Crippen molar-refractivity contribution in [2.45, 2.75) is 83.6 Å². The number of hydrogen-bond acceptors (Lipinski definition) is 2. The predicted molar refractivity (Wildman–Crippen MR) is 83.3 cm³/mol. The summed E-state index contributed by atoms with van der Waals surface area (Å²) >= 11 is 2.14. The largest absolute Gasteiger partial charge is 0.310 e. The number of thioether (sulfide) groups is 1. The lowest BCUT2D eigenvalue weighted by Crippen LogP contribution is -2.44. The van der Waals surface area contributed by atoms with Crippen LogP contribution in [0.3, 0.4) is 0 Å². The molecule has 0 spiro atoms. The van der Waals surface area contributed by atoms with Gasteiger partial charge in [-0.25, -0.2) is 0 Å². The van der Waals surface area contributed by atoms with E-state index in [0.717, 1.165) is 23.3 Å². The molecule has 1 saturated heterocycles. The molecule has 2 atom stereocenters. The van der Waals surface area contributed by atoms with Gasteiger partial charge in [-0.05, 0) is 49.2 Å². The quantitative estimate of drug-likeness (QED) is 0.808. The highest BCUT2D eigenvalue weighted by Crippen LogP contribution is 2.40. The molecule has 0 amide bonds. The van der Waals surface area contributed by atoms with Crippen LogP contribution in [0.15, 0.2) is 0 Å². The summed E-state index contributed by atoms with van der Waals surface area (Å²) in [6.45, 7) is 9.66. The van der Waals surface area contributed by atoms with Gasteiger partial charge in [0, 0.05) is 17.3 Å². The standard InChI is InChI=1S/C16H31NS/c1-5-16(3,4)13-6-8-14(9-7-13)17-15-10-11-18-12(15)2/h12-15,17H,5-11H2,1-4H3.